The highest BCUT2D eigenvalue weighted by Crippen LogP contribution is 2.22. The van der Waals surface area contributed by atoms with Crippen LogP contribution in [0.15, 0.2) is 29.2 Å². The van der Waals surface area contributed by atoms with Crippen molar-refractivity contribution in [3.8, 4) is 0 Å². The fourth-order valence-electron chi connectivity index (χ4n) is 2.69. The van der Waals surface area contributed by atoms with Crippen molar-refractivity contribution in [3.05, 3.63) is 29.8 Å². The molecule has 0 bridgehead atoms. The lowest BCUT2D eigenvalue weighted by atomic mass is 10.1. The highest BCUT2D eigenvalue weighted by Gasteiger charge is 2.30. The van der Waals surface area contributed by atoms with E-state index in [4.69, 9.17) is 0 Å². The summed E-state index contributed by atoms with van der Waals surface area (Å²) in [5.74, 6) is 0.364. The molecule has 3 nitrogen and oxygen atoms in total. The SMILES string of the molecule is CSc1ccccc1CC(C)NCC1CCCS1(=O)=O. The first-order valence-corrected chi connectivity index (χ1v) is 10.0. The second kappa shape index (κ2) is 6.96. The molecule has 2 unspecified atom stereocenters. The second-order valence-corrected chi connectivity index (χ2v) is 8.71. The maximum absolute atomic E-state index is 11.8. The summed E-state index contributed by atoms with van der Waals surface area (Å²) < 4.78 is 23.6. The lowest BCUT2D eigenvalue weighted by molar-refractivity contribution is 0.520. The molecule has 1 aliphatic heterocycles. The minimum atomic E-state index is -2.84. The number of rotatable bonds is 6. The highest BCUT2D eigenvalue weighted by molar-refractivity contribution is 7.98. The standard InChI is InChI=1S/C15H23NO2S2/c1-12(10-13-6-3-4-8-15(13)19-2)16-11-14-7-5-9-20(14,17)18/h3-4,6,8,12,14,16H,5,7,9-11H2,1-2H3. The van der Waals surface area contributed by atoms with Gasteiger partial charge in [0.15, 0.2) is 9.84 Å². The van der Waals surface area contributed by atoms with Gasteiger partial charge in [-0.15, -0.1) is 11.8 Å². The van der Waals surface area contributed by atoms with Crippen LogP contribution in [0.5, 0.6) is 0 Å². The molecule has 1 aliphatic rings. The van der Waals surface area contributed by atoms with E-state index in [-0.39, 0.29) is 5.25 Å². The molecular formula is C15H23NO2S2. The van der Waals surface area contributed by atoms with Crippen LogP contribution in [0.25, 0.3) is 0 Å². The summed E-state index contributed by atoms with van der Waals surface area (Å²) in [5, 5.41) is 3.21. The van der Waals surface area contributed by atoms with Crippen molar-refractivity contribution in [2.45, 2.75) is 42.4 Å². The van der Waals surface area contributed by atoms with Crippen LogP contribution in [-0.2, 0) is 16.3 Å². The van der Waals surface area contributed by atoms with Crippen molar-refractivity contribution in [2.75, 3.05) is 18.6 Å². The second-order valence-electron chi connectivity index (χ2n) is 5.46. The molecule has 0 radical (unpaired) electrons. The zero-order chi connectivity index (χ0) is 14.6. The van der Waals surface area contributed by atoms with Crippen molar-refractivity contribution in [3.63, 3.8) is 0 Å². The molecule has 2 rings (SSSR count). The van der Waals surface area contributed by atoms with Crippen molar-refractivity contribution >= 4 is 21.6 Å². The third kappa shape index (κ3) is 3.99. The Hall–Kier alpha value is -0.520. The Morgan fingerprint density at radius 2 is 2.15 bits per heavy atom. The average Bonchev–Trinajstić information content (AvgIpc) is 2.76. The predicted octanol–water partition coefficient (Wildman–Crippen LogP) is 2.51. The Morgan fingerprint density at radius 3 is 2.80 bits per heavy atom. The van der Waals surface area contributed by atoms with Crippen molar-refractivity contribution in [2.24, 2.45) is 0 Å². The predicted molar refractivity (Wildman–Crippen MR) is 86.2 cm³/mol. The van der Waals surface area contributed by atoms with Crippen molar-refractivity contribution in [1.29, 1.82) is 0 Å². The van der Waals surface area contributed by atoms with E-state index in [2.05, 4.69) is 42.8 Å². The number of nitrogens with one attached hydrogen (secondary N) is 1. The normalized spacial score (nSPS) is 22.8. The molecule has 5 heteroatoms. The largest absolute Gasteiger partial charge is 0.313 e. The maximum atomic E-state index is 11.8. The Morgan fingerprint density at radius 1 is 1.40 bits per heavy atom. The van der Waals surface area contributed by atoms with Gasteiger partial charge in [0.2, 0.25) is 0 Å². The molecular weight excluding hydrogens is 290 g/mol. The van der Waals surface area contributed by atoms with Gasteiger partial charge in [-0.2, -0.15) is 0 Å². The van der Waals surface area contributed by atoms with Gasteiger partial charge in [0.25, 0.3) is 0 Å². The molecule has 20 heavy (non-hydrogen) atoms. The molecule has 0 aliphatic carbocycles. The number of thioether (sulfide) groups is 1. The fraction of sp³-hybridized carbons (Fsp3) is 0.600. The van der Waals surface area contributed by atoms with Gasteiger partial charge in [-0.1, -0.05) is 18.2 Å². The summed E-state index contributed by atoms with van der Waals surface area (Å²) in [6.07, 6.45) is 4.65. The molecule has 112 valence electrons. The monoisotopic (exact) mass is 313 g/mol. The molecule has 1 aromatic carbocycles. The molecule has 1 N–H and O–H groups in total. The Kier molecular flexibility index (Phi) is 5.52. The van der Waals surface area contributed by atoms with Gasteiger partial charge < -0.3 is 5.32 Å². The molecule has 0 saturated carbocycles. The molecule has 1 aromatic rings. The number of hydrogen-bond donors (Lipinski definition) is 1. The Labute approximate surface area is 126 Å². The molecule has 1 heterocycles. The van der Waals surface area contributed by atoms with Crippen LogP contribution in [0.1, 0.15) is 25.3 Å². The lowest BCUT2D eigenvalue weighted by Crippen LogP contribution is -2.37. The Balaban J connectivity index is 1.88. The van der Waals surface area contributed by atoms with Gasteiger partial charge in [-0.25, -0.2) is 8.42 Å². The van der Waals surface area contributed by atoms with E-state index in [1.54, 1.807) is 11.8 Å². The van der Waals surface area contributed by atoms with Crippen LogP contribution < -0.4 is 5.32 Å². The first kappa shape index (κ1) is 15.9. The zero-order valence-corrected chi connectivity index (χ0v) is 13.8. The fourth-order valence-corrected chi connectivity index (χ4v) is 5.10. The quantitative estimate of drug-likeness (QED) is 0.820. The molecule has 1 fully saturated rings. The molecule has 0 amide bonds. The number of hydrogen-bond acceptors (Lipinski definition) is 4. The zero-order valence-electron chi connectivity index (χ0n) is 12.1. The van der Waals surface area contributed by atoms with Gasteiger partial charge in [0.05, 0.1) is 11.0 Å². The van der Waals surface area contributed by atoms with E-state index in [0.29, 0.717) is 18.3 Å². The van der Waals surface area contributed by atoms with Crippen LogP contribution in [0.2, 0.25) is 0 Å². The van der Waals surface area contributed by atoms with Gasteiger partial charge in [-0.3, -0.25) is 0 Å². The average molecular weight is 313 g/mol. The van der Waals surface area contributed by atoms with Crippen LogP contribution in [0.4, 0.5) is 0 Å². The molecule has 0 aromatic heterocycles. The van der Waals surface area contributed by atoms with Crippen LogP contribution in [-0.4, -0.2) is 38.3 Å². The molecule has 1 saturated heterocycles. The number of benzene rings is 1. The summed E-state index contributed by atoms with van der Waals surface area (Å²) in [6.45, 7) is 2.71. The third-order valence-electron chi connectivity index (χ3n) is 3.88. The Bertz CT molecular complexity index is 543. The summed E-state index contributed by atoms with van der Waals surface area (Å²) in [7, 11) is -2.84. The molecule has 2 atom stereocenters. The topological polar surface area (TPSA) is 46.2 Å². The van der Waals surface area contributed by atoms with Crippen LogP contribution >= 0.6 is 11.8 Å². The smallest absolute Gasteiger partial charge is 0.154 e. The van der Waals surface area contributed by atoms with Crippen molar-refractivity contribution < 1.29 is 8.42 Å². The van der Waals surface area contributed by atoms with E-state index < -0.39 is 9.84 Å². The minimum absolute atomic E-state index is 0.180. The molecule has 0 spiro atoms. The van der Waals surface area contributed by atoms with E-state index >= 15 is 0 Å². The van der Waals surface area contributed by atoms with Crippen molar-refractivity contribution in [1.82, 2.24) is 5.32 Å². The first-order chi connectivity index (χ1) is 9.53. The maximum Gasteiger partial charge on any atom is 0.154 e. The van der Waals surface area contributed by atoms with E-state index in [1.165, 1.54) is 10.5 Å². The first-order valence-electron chi connectivity index (χ1n) is 7.10. The minimum Gasteiger partial charge on any atom is -0.313 e. The lowest BCUT2D eigenvalue weighted by Gasteiger charge is -2.18. The van der Waals surface area contributed by atoms with Gasteiger partial charge >= 0.3 is 0 Å². The van der Waals surface area contributed by atoms with Gasteiger partial charge in [0, 0.05) is 17.5 Å². The highest BCUT2D eigenvalue weighted by atomic mass is 32.2. The summed E-state index contributed by atoms with van der Waals surface area (Å²) in [4.78, 5) is 1.30. The summed E-state index contributed by atoms with van der Waals surface area (Å²) in [5.41, 5.74) is 1.33. The summed E-state index contributed by atoms with van der Waals surface area (Å²) in [6, 6.07) is 8.69. The van der Waals surface area contributed by atoms with Gasteiger partial charge in [-0.05, 0) is 44.1 Å². The third-order valence-corrected chi connectivity index (χ3v) is 6.99. The van der Waals surface area contributed by atoms with E-state index in [1.807, 2.05) is 0 Å². The summed E-state index contributed by atoms with van der Waals surface area (Å²) >= 11 is 1.76. The van der Waals surface area contributed by atoms with E-state index in [9.17, 15) is 8.42 Å². The van der Waals surface area contributed by atoms with Gasteiger partial charge in [0.1, 0.15) is 0 Å². The van der Waals surface area contributed by atoms with E-state index in [0.717, 1.165) is 19.3 Å². The van der Waals surface area contributed by atoms with Crippen LogP contribution in [0.3, 0.4) is 0 Å². The van der Waals surface area contributed by atoms with Crippen LogP contribution in [0, 0.1) is 0 Å². The number of sulfone groups is 1.